The van der Waals surface area contributed by atoms with Crippen LogP contribution in [0.25, 0.3) is 10.2 Å². The maximum absolute atomic E-state index is 6.18. The molecule has 90 valence electrons. The minimum absolute atomic E-state index is 0.348. The Bertz CT molecular complexity index is 476. The van der Waals surface area contributed by atoms with E-state index in [1.54, 1.807) is 11.3 Å². The summed E-state index contributed by atoms with van der Waals surface area (Å²) in [4.78, 5) is 4.67. The van der Waals surface area contributed by atoms with Gasteiger partial charge in [0.1, 0.15) is 0 Å². The molecule has 0 radical (unpaired) electrons. The van der Waals surface area contributed by atoms with Crippen LogP contribution in [-0.2, 0) is 0 Å². The van der Waals surface area contributed by atoms with Crippen molar-refractivity contribution >= 4 is 33.3 Å². The Morgan fingerprint density at radius 3 is 2.88 bits per heavy atom. The number of hydrogen-bond donors (Lipinski definition) is 1. The van der Waals surface area contributed by atoms with E-state index in [2.05, 4.69) is 23.2 Å². The number of hydrogen-bond acceptors (Lipinski definition) is 4. The number of aromatic nitrogens is 1. The third-order valence-electron chi connectivity index (χ3n) is 3.28. The van der Waals surface area contributed by atoms with E-state index in [0.717, 1.165) is 5.52 Å². The van der Waals surface area contributed by atoms with Gasteiger partial charge in [0.05, 0.1) is 10.2 Å². The maximum atomic E-state index is 6.18. The number of rotatable bonds is 2. The number of para-hydroxylation sites is 1. The quantitative estimate of drug-likeness (QED) is 0.899. The SMILES string of the molecule is NC1CCCCC1Sc1nc2ccccc2s1. The zero-order valence-corrected chi connectivity index (χ0v) is 11.3. The van der Waals surface area contributed by atoms with Crippen LogP contribution >= 0.6 is 23.1 Å². The highest BCUT2D eigenvalue weighted by atomic mass is 32.2. The molecular formula is C13H16N2S2. The predicted molar refractivity (Wildman–Crippen MR) is 75.7 cm³/mol. The van der Waals surface area contributed by atoms with Gasteiger partial charge in [0.15, 0.2) is 4.34 Å². The number of thioether (sulfide) groups is 1. The van der Waals surface area contributed by atoms with Crippen molar-refractivity contribution in [3.8, 4) is 0 Å². The van der Waals surface area contributed by atoms with Crippen LogP contribution in [0.5, 0.6) is 0 Å². The Morgan fingerprint density at radius 2 is 2.06 bits per heavy atom. The number of thiazole rings is 1. The van der Waals surface area contributed by atoms with Crippen molar-refractivity contribution in [1.82, 2.24) is 4.98 Å². The fourth-order valence-electron chi connectivity index (χ4n) is 2.30. The van der Waals surface area contributed by atoms with Crippen molar-refractivity contribution < 1.29 is 0 Å². The molecule has 2 aromatic rings. The van der Waals surface area contributed by atoms with Gasteiger partial charge in [0.2, 0.25) is 0 Å². The first-order valence-corrected chi connectivity index (χ1v) is 7.80. The molecule has 0 amide bonds. The summed E-state index contributed by atoms with van der Waals surface area (Å²) in [6.45, 7) is 0. The van der Waals surface area contributed by atoms with Crippen molar-refractivity contribution in [2.24, 2.45) is 5.73 Å². The molecule has 1 aromatic heterocycles. The fourth-order valence-corrected chi connectivity index (χ4v) is 4.84. The lowest BCUT2D eigenvalue weighted by molar-refractivity contribution is 0.453. The molecule has 3 rings (SSSR count). The third-order valence-corrected chi connectivity index (χ3v) is 5.83. The van der Waals surface area contributed by atoms with Crippen LogP contribution < -0.4 is 5.73 Å². The van der Waals surface area contributed by atoms with Crippen LogP contribution in [0.15, 0.2) is 28.6 Å². The summed E-state index contributed by atoms with van der Waals surface area (Å²) in [5, 5.41) is 0.560. The molecule has 17 heavy (non-hydrogen) atoms. The summed E-state index contributed by atoms with van der Waals surface area (Å²) in [6, 6.07) is 8.68. The fraction of sp³-hybridized carbons (Fsp3) is 0.462. The second-order valence-corrected chi connectivity index (χ2v) is 7.07. The molecule has 1 saturated carbocycles. The van der Waals surface area contributed by atoms with Crippen LogP contribution in [0.2, 0.25) is 0 Å². The van der Waals surface area contributed by atoms with E-state index >= 15 is 0 Å². The van der Waals surface area contributed by atoms with Gasteiger partial charge in [0.25, 0.3) is 0 Å². The predicted octanol–water partition coefficient (Wildman–Crippen LogP) is 3.66. The van der Waals surface area contributed by atoms with Crippen molar-refractivity contribution in [2.45, 2.75) is 41.3 Å². The normalized spacial score (nSPS) is 25.2. The lowest BCUT2D eigenvalue weighted by Gasteiger charge is -2.26. The monoisotopic (exact) mass is 264 g/mol. The number of nitrogens with zero attached hydrogens (tertiary/aromatic N) is 1. The van der Waals surface area contributed by atoms with Crippen molar-refractivity contribution in [3.63, 3.8) is 0 Å². The summed E-state index contributed by atoms with van der Waals surface area (Å²) < 4.78 is 2.45. The molecule has 1 aromatic carbocycles. The Balaban J connectivity index is 1.79. The summed E-state index contributed by atoms with van der Waals surface area (Å²) in [5.74, 6) is 0. The van der Waals surface area contributed by atoms with Crippen molar-refractivity contribution in [2.75, 3.05) is 0 Å². The lowest BCUT2D eigenvalue weighted by atomic mass is 9.96. The van der Waals surface area contributed by atoms with Crippen LogP contribution in [0.3, 0.4) is 0 Å². The smallest absolute Gasteiger partial charge is 0.151 e. The minimum Gasteiger partial charge on any atom is -0.327 e. The number of benzene rings is 1. The highest BCUT2D eigenvalue weighted by molar-refractivity contribution is 8.01. The van der Waals surface area contributed by atoms with Crippen molar-refractivity contribution in [3.05, 3.63) is 24.3 Å². The topological polar surface area (TPSA) is 38.9 Å². The van der Waals surface area contributed by atoms with E-state index in [4.69, 9.17) is 5.73 Å². The number of nitrogens with two attached hydrogens (primary N) is 1. The average Bonchev–Trinajstić information content (AvgIpc) is 2.74. The zero-order chi connectivity index (χ0) is 11.7. The van der Waals surface area contributed by atoms with Gasteiger partial charge >= 0.3 is 0 Å². The highest BCUT2D eigenvalue weighted by Gasteiger charge is 2.23. The lowest BCUT2D eigenvalue weighted by Crippen LogP contribution is -2.35. The Hall–Kier alpha value is -0.580. The Kier molecular flexibility index (Phi) is 3.36. The molecule has 1 aliphatic rings. The molecule has 0 aliphatic heterocycles. The van der Waals surface area contributed by atoms with E-state index in [0.29, 0.717) is 11.3 Å². The first-order chi connectivity index (χ1) is 8.33. The van der Waals surface area contributed by atoms with Gasteiger partial charge in [-0.1, -0.05) is 36.7 Å². The summed E-state index contributed by atoms with van der Waals surface area (Å²) >= 11 is 3.67. The highest BCUT2D eigenvalue weighted by Crippen LogP contribution is 2.36. The van der Waals surface area contributed by atoms with Crippen LogP contribution in [-0.4, -0.2) is 16.3 Å². The van der Waals surface area contributed by atoms with Gasteiger partial charge in [-0.3, -0.25) is 0 Å². The number of fused-ring (bicyclic) bond motifs is 1. The van der Waals surface area contributed by atoms with Crippen molar-refractivity contribution in [1.29, 1.82) is 0 Å². The second kappa shape index (κ2) is 4.96. The summed E-state index contributed by atoms with van der Waals surface area (Å²) in [7, 11) is 0. The molecule has 0 bridgehead atoms. The van der Waals surface area contributed by atoms with Crippen LogP contribution in [0.1, 0.15) is 25.7 Å². The van der Waals surface area contributed by atoms with Gasteiger partial charge in [0, 0.05) is 11.3 Å². The largest absolute Gasteiger partial charge is 0.327 e. The summed E-state index contributed by atoms with van der Waals surface area (Å²) in [5.41, 5.74) is 7.29. The van der Waals surface area contributed by atoms with Gasteiger partial charge in [-0.05, 0) is 25.0 Å². The standard InChI is InChI=1S/C13H16N2S2/c14-9-5-1-3-7-11(9)16-13-15-10-6-2-4-8-12(10)17-13/h2,4,6,8-9,11H,1,3,5,7,14H2. The van der Waals surface area contributed by atoms with Gasteiger partial charge in [-0.25, -0.2) is 4.98 Å². The molecule has 2 nitrogen and oxygen atoms in total. The van der Waals surface area contributed by atoms with Crippen LogP contribution in [0, 0.1) is 0 Å². The maximum Gasteiger partial charge on any atom is 0.151 e. The molecule has 2 atom stereocenters. The van der Waals surface area contributed by atoms with Gasteiger partial charge in [-0.2, -0.15) is 0 Å². The minimum atomic E-state index is 0.348. The molecule has 1 aliphatic carbocycles. The van der Waals surface area contributed by atoms with E-state index in [-0.39, 0.29) is 0 Å². The van der Waals surface area contributed by atoms with E-state index < -0.39 is 0 Å². The average molecular weight is 264 g/mol. The van der Waals surface area contributed by atoms with E-state index in [9.17, 15) is 0 Å². The summed E-state index contributed by atoms with van der Waals surface area (Å²) in [6.07, 6.45) is 5.01. The molecule has 0 spiro atoms. The molecule has 4 heteroatoms. The molecule has 1 fully saturated rings. The zero-order valence-electron chi connectivity index (χ0n) is 9.63. The Morgan fingerprint density at radius 1 is 1.24 bits per heavy atom. The second-order valence-electron chi connectivity index (χ2n) is 4.55. The van der Waals surface area contributed by atoms with E-state index in [1.165, 1.54) is 34.7 Å². The van der Waals surface area contributed by atoms with E-state index in [1.807, 2.05) is 17.8 Å². The van der Waals surface area contributed by atoms with Crippen LogP contribution in [0.4, 0.5) is 0 Å². The first kappa shape index (κ1) is 11.5. The molecule has 1 heterocycles. The first-order valence-electron chi connectivity index (χ1n) is 6.11. The molecular weight excluding hydrogens is 248 g/mol. The van der Waals surface area contributed by atoms with Gasteiger partial charge in [-0.15, -0.1) is 11.3 Å². The molecule has 2 N–H and O–H groups in total. The molecule has 2 unspecified atom stereocenters. The Labute approximate surface area is 110 Å². The van der Waals surface area contributed by atoms with Gasteiger partial charge < -0.3 is 5.73 Å². The third kappa shape index (κ3) is 2.49. The molecule has 0 saturated heterocycles.